The summed E-state index contributed by atoms with van der Waals surface area (Å²) in [5.41, 5.74) is 0. The maximum atomic E-state index is 2.52. The summed E-state index contributed by atoms with van der Waals surface area (Å²) in [7, 11) is 0. The van der Waals surface area contributed by atoms with Gasteiger partial charge in [-0.25, -0.2) is 0 Å². The molecule has 0 atom stereocenters. The Morgan fingerprint density at radius 2 is 1.45 bits per heavy atom. The van der Waals surface area contributed by atoms with E-state index in [0.717, 1.165) is 0 Å². The van der Waals surface area contributed by atoms with Crippen molar-refractivity contribution in [1.82, 2.24) is 0 Å². The second-order valence-corrected chi connectivity index (χ2v) is 7.14. The number of hydrogen-bond donors (Lipinski definition) is 0. The molecule has 0 bridgehead atoms. The Bertz CT molecular complexity index is 179. The molecule has 58 valence electrons. The summed E-state index contributed by atoms with van der Waals surface area (Å²) in [6.45, 7) is 0. The Morgan fingerprint density at radius 3 is 1.82 bits per heavy atom. The zero-order chi connectivity index (χ0) is 7.52. The molecular formula is C10H14Zr. The fraction of sp³-hybridized carbons (Fsp3) is 0.600. The van der Waals surface area contributed by atoms with Gasteiger partial charge in [0.1, 0.15) is 0 Å². The number of allylic oxidation sites excluding steroid dienone is 4. The third-order valence-corrected chi connectivity index (χ3v) is 6.21. The van der Waals surface area contributed by atoms with Gasteiger partial charge in [-0.2, -0.15) is 0 Å². The van der Waals surface area contributed by atoms with E-state index in [1.165, 1.54) is 38.5 Å². The fourth-order valence-corrected chi connectivity index (χ4v) is 5.48. The van der Waals surface area contributed by atoms with E-state index in [1.807, 2.05) is 6.56 Å². The van der Waals surface area contributed by atoms with Gasteiger partial charge in [-0.05, 0) is 0 Å². The van der Waals surface area contributed by atoms with E-state index in [4.69, 9.17) is 0 Å². The molecule has 2 rings (SSSR count). The van der Waals surface area contributed by atoms with Crippen molar-refractivity contribution >= 4 is 0 Å². The summed E-state index contributed by atoms with van der Waals surface area (Å²) < 4.78 is 3.75. The molecule has 0 saturated carbocycles. The van der Waals surface area contributed by atoms with E-state index < -0.39 is 0 Å². The molecule has 0 nitrogen and oxygen atoms in total. The maximum absolute atomic E-state index is 2.52. The van der Waals surface area contributed by atoms with Gasteiger partial charge in [0.2, 0.25) is 0 Å². The van der Waals surface area contributed by atoms with E-state index in [9.17, 15) is 0 Å². The first-order valence-electron chi connectivity index (χ1n) is 4.60. The van der Waals surface area contributed by atoms with Crippen LogP contribution in [-0.4, -0.2) is 0 Å². The summed E-state index contributed by atoms with van der Waals surface area (Å²) in [5.74, 6) is 0. The minimum absolute atomic E-state index is 0.187. The van der Waals surface area contributed by atoms with Crippen molar-refractivity contribution in [3.8, 4) is 0 Å². The summed E-state index contributed by atoms with van der Waals surface area (Å²) in [5, 5.41) is 0. The van der Waals surface area contributed by atoms with E-state index >= 15 is 0 Å². The summed E-state index contributed by atoms with van der Waals surface area (Å²) in [4.78, 5) is 0. The molecule has 0 amide bonds. The molecule has 2 aliphatic carbocycles. The molecular weight excluding hydrogens is 211 g/mol. The molecule has 11 heavy (non-hydrogen) atoms. The van der Waals surface area contributed by atoms with Crippen molar-refractivity contribution in [3.05, 3.63) is 18.7 Å². The van der Waals surface area contributed by atoms with Gasteiger partial charge < -0.3 is 0 Å². The molecule has 0 aliphatic heterocycles. The third-order valence-electron chi connectivity index (χ3n) is 2.40. The van der Waals surface area contributed by atoms with Crippen LogP contribution in [0.4, 0.5) is 0 Å². The topological polar surface area (TPSA) is 0 Å². The zero-order valence-corrected chi connectivity index (χ0v) is 9.36. The molecule has 0 aromatic heterocycles. The van der Waals surface area contributed by atoms with E-state index in [1.54, 1.807) is 0 Å². The average Bonchev–Trinajstić information content (AvgIpc) is 2.60. The number of hydrogen-bond acceptors (Lipinski definition) is 0. The molecule has 0 saturated heterocycles. The SMILES string of the molecule is C1=[C]([Zr][C]2=CCCC2)CCC1. The molecule has 0 aromatic carbocycles. The summed E-state index contributed by atoms with van der Waals surface area (Å²) >= 11 is -0.187. The molecule has 1 heteroatoms. The predicted molar refractivity (Wildman–Crippen MR) is 43.9 cm³/mol. The summed E-state index contributed by atoms with van der Waals surface area (Å²) in [6, 6.07) is 0. The first-order chi connectivity index (χ1) is 5.45. The van der Waals surface area contributed by atoms with Crippen LogP contribution in [0, 0.1) is 0 Å². The second kappa shape index (κ2) is 3.85. The van der Waals surface area contributed by atoms with Crippen LogP contribution in [0.3, 0.4) is 0 Å². The van der Waals surface area contributed by atoms with Crippen LogP contribution >= 0.6 is 0 Å². The van der Waals surface area contributed by atoms with Crippen molar-refractivity contribution < 1.29 is 23.2 Å². The Kier molecular flexibility index (Phi) is 2.79. The van der Waals surface area contributed by atoms with Crippen molar-refractivity contribution in [2.45, 2.75) is 38.5 Å². The standard InChI is InChI=1S/2C5H7.Zr/c2*1-2-4-5-3-1;/h2*1H,2,4-5H2;. The zero-order valence-electron chi connectivity index (χ0n) is 6.90. The normalized spacial score (nSPS) is 23.3. The van der Waals surface area contributed by atoms with Gasteiger partial charge in [0, 0.05) is 0 Å². The van der Waals surface area contributed by atoms with Crippen molar-refractivity contribution in [2.75, 3.05) is 0 Å². The Morgan fingerprint density at radius 1 is 0.909 bits per heavy atom. The predicted octanol–water partition coefficient (Wildman–Crippen LogP) is 3.20. The molecule has 0 aromatic rings. The molecule has 0 heterocycles. The molecule has 0 N–H and O–H groups in total. The molecule has 0 radical (unpaired) electrons. The van der Waals surface area contributed by atoms with Crippen LogP contribution in [-0.2, 0) is 23.2 Å². The molecule has 0 unspecified atom stereocenters. The molecule has 0 fully saturated rings. The average molecular weight is 225 g/mol. The molecule has 0 spiro atoms. The van der Waals surface area contributed by atoms with Gasteiger partial charge in [-0.15, -0.1) is 0 Å². The van der Waals surface area contributed by atoms with Crippen LogP contribution < -0.4 is 0 Å². The first-order valence-corrected chi connectivity index (χ1v) is 7.06. The second-order valence-electron chi connectivity index (χ2n) is 3.37. The fourth-order valence-electron chi connectivity index (χ4n) is 1.78. The quantitative estimate of drug-likeness (QED) is 0.677. The first kappa shape index (κ1) is 7.98. The van der Waals surface area contributed by atoms with Gasteiger partial charge in [0.05, 0.1) is 0 Å². The van der Waals surface area contributed by atoms with Crippen molar-refractivity contribution in [2.24, 2.45) is 0 Å². The van der Waals surface area contributed by atoms with Crippen LogP contribution in [0.2, 0.25) is 0 Å². The van der Waals surface area contributed by atoms with Gasteiger partial charge >= 0.3 is 80.5 Å². The van der Waals surface area contributed by atoms with Crippen LogP contribution in [0.1, 0.15) is 38.5 Å². The Labute approximate surface area is 80.3 Å². The van der Waals surface area contributed by atoms with Gasteiger partial charge in [-0.3, -0.25) is 0 Å². The van der Waals surface area contributed by atoms with Gasteiger partial charge in [-0.1, -0.05) is 0 Å². The van der Waals surface area contributed by atoms with Crippen LogP contribution in [0.15, 0.2) is 18.7 Å². The minimum atomic E-state index is -0.187. The van der Waals surface area contributed by atoms with E-state index in [0.29, 0.717) is 0 Å². The number of rotatable bonds is 2. The summed E-state index contributed by atoms with van der Waals surface area (Å²) in [6.07, 6.45) is 13.6. The van der Waals surface area contributed by atoms with Gasteiger partial charge in [0.25, 0.3) is 0 Å². The van der Waals surface area contributed by atoms with Crippen LogP contribution in [0.5, 0.6) is 0 Å². The van der Waals surface area contributed by atoms with Crippen molar-refractivity contribution in [3.63, 3.8) is 0 Å². The Balaban J connectivity index is 1.89. The monoisotopic (exact) mass is 224 g/mol. The van der Waals surface area contributed by atoms with E-state index in [-0.39, 0.29) is 23.2 Å². The molecule has 2 aliphatic rings. The van der Waals surface area contributed by atoms with Crippen molar-refractivity contribution in [1.29, 1.82) is 0 Å². The third kappa shape index (κ3) is 2.15. The Hall–Kier alpha value is 0.363. The van der Waals surface area contributed by atoms with E-state index in [2.05, 4.69) is 12.2 Å². The van der Waals surface area contributed by atoms with Crippen LogP contribution in [0.25, 0.3) is 0 Å². The van der Waals surface area contributed by atoms with Gasteiger partial charge in [0.15, 0.2) is 0 Å².